The van der Waals surface area contributed by atoms with Crippen molar-refractivity contribution in [3.8, 4) is 11.5 Å². The van der Waals surface area contributed by atoms with Gasteiger partial charge in [-0.15, -0.1) is 0 Å². The first-order valence-corrected chi connectivity index (χ1v) is 6.39. The fraction of sp³-hybridized carbons (Fsp3) is 0.500. The van der Waals surface area contributed by atoms with Crippen molar-refractivity contribution in [1.82, 2.24) is 0 Å². The number of oxime groups is 1. The first-order chi connectivity index (χ1) is 8.78. The zero-order valence-electron chi connectivity index (χ0n) is 10.8. The first-order valence-electron chi connectivity index (χ1n) is 6.39. The Bertz CT molecular complexity index is 439. The minimum atomic E-state index is 0.321. The highest BCUT2D eigenvalue weighted by atomic mass is 16.5. The molecule has 1 aromatic carbocycles. The lowest BCUT2D eigenvalue weighted by Crippen LogP contribution is -2.10. The van der Waals surface area contributed by atoms with Gasteiger partial charge < -0.3 is 14.7 Å². The maximum absolute atomic E-state index is 8.80. The van der Waals surface area contributed by atoms with Gasteiger partial charge in [-0.3, -0.25) is 0 Å². The Balaban J connectivity index is 2.04. The molecule has 0 saturated carbocycles. The van der Waals surface area contributed by atoms with Gasteiger partial charge in [-0.25, -0.2) is 0 Å². The van der Waals surface area contributed by atoms with Crippen LogP contribution >= 0.6 is 0 Å². The molecule has 0 bridgehead atoms. The molecule has 0 aromatic heterocycles. The summed E-state index contributed by atoms with van der Waals surface area (Å²) < 4.78 is 11.2. The smallest absolute Gasteiger partial charge is 0.134 e. The fourth-order valence-corrected chi connectivity index (χ4v) is 2.00. The van der Waals surface area contributed by atoms with Crippen molar-refractivity contribution in [2.75, 3.05) is 13.2 Å². The Morgan fingerprint density at radius 2 is 2.17 bits per heavy atom. The lowest BCUT2D eigenvalue weighted by atomic mass is 10.1. The molecule has 0 radical (unpaired) electrons. The molecule has 1 heterocycles. The maximum atomic E-state index is 8.80. The Kier molecular flexibility index (Phi) is 4.07. The van der Waals surface area contributed by atoms with E-state index in [0.717, 1.165) is 36.5 Å². The lowest BCUT2D eigenvalue weighted by molar-refractivity contribution is 0.239. The molecule has 1 aromatic rings. The zero-order valence-corrected chi connectivity index (χ0v) is 10.8. The third-order valence-corrected chi connectivity index (χ3v) is 3.39. The molecule has 0 amide bonds. The second-order valence-corrected chi connectivity index (χ2v) is 4.49. The van der Waals surface area contributed by atoms with Gasteiger partial charge in [0.1, 0.15) is 23.8 Å². The third kappa shape index (κ3) is 2.58. The molecule has 0 fully saturated rings. The number of hydrogen-bond donors (Lipinski definition) is 1. The summed E-state index contributed by atoms with van der Waals surface area (Å²) in [7, 11) is 0. The van der Waals surface area contributed by atoms with E-state index in [1.807, 2.05) is 18.2 Å². The zero-order chi connectivity index (χ0) is 13.0. The average Bonchev–Trinajstić information content (AvgIpc) is 2.82. The number of rotatable bonds is 5. The second kappa shape index (κ2) is 5.76. The minimum absolute atomic E-state index is 0.321. The van der Waals surface area contributed by atoms with Crippen LogP contribution in [0.3, 0.4) is 0 Å². The van der Waals surface area contributed by atoms with Crippen molar-refractivity contribution in [3.63, 3.8) is 0 Å². The molecule has 4 nitrogen and oxygen atoms in total. The number of fused-ring (bicyclic) bond motifs is 1. The summed E-state index contributed by atoms with van der Waals surface area (Å²) in [5, 5.41) is 12.0. The highest BCUT2D eigenvalue weighted by molar-refractivity contribution is 6.05. The van der Waals surface area contributed by atoms with Gasteiger partial charge in [-0.2, -0.15) is 0 Å². The van der Waals surface area contributed by atoms with Crippen LogP contribution in [0.4, 0.5) is 0 Å². The van der Waals surface area contributed by atoms with E-state index in [2.05, 4.69) is 19.0 Å². The Morgan fingerprint density at radius 3 is 2.83 bits per heavy atom. The van der Waals surface area contributed by atoms with Gasteiger partial charge in [0, 0.05) is 11.6 Å². The fourth-order valence-electron chi connectivity index (χ4n) is 2.00. The van der Waals surface area contributed by atoms with Gasteiger partial charge in [0.15, 0.2) is 0 Å². The summed E-state index contributed by atoms with van der Waals surface area (Å²) >= 11 is 0. The number of nitrogens with zero attached hydrogens (tertiary/aromatic N) is 1. The van der Waals surface area contributed by atoms with E-state index in [1.54, 1.807) is 0 Å². The van der Waals surface area contributed by atoms with Crippen LogP contribution in [0.2, 0.25) is 0 Å². The quantitative estimate of drug-likeness (QED) is 0.644. The monoisotopic (exact) mass is 249 g/mol. The highest BCUT2D eigenvalue weighted by Crippen LogP contribution is 2.30. The maximum Gasteiger partial charge on any atom is 0.134 e. The van der Waals surface area contributed by atoms with Crippen molar-refractivity contribution >= 4 is 5.71 Å². The van der Waals surface area contributed by atoms with Gasteiger partial charge >= 0.3 is 0 Å². The predicted molar refractivity (Wildman–Crippen MR) is 69.8 cm³/mol. The van der Waals surface area contributed by atoms with Gasteiger partial charge in [0.25, 0.3) is 0 Å². The van der Waals surface area contributed by atoms with E-state index >= 15 is 0 Å². The molecule has 0 atom stereocenters. The Hall–Kier alpha value is -1.71. The molecule has 18 heavy (non-hydrogen) atoms. The van der Waals surface area contributed by atoms with E-state index in [1.165, 1.54) is 0 Å². The highest BCUT2D eigenvalue weighted by Gasteiger charge is 2.20. The third-order valence-electron chi connectivity index (χ3n) is 3.39. The molecule has 0 saturated heterocycles. The molecular weight excluding hydrogens is 230 g/mol. The van der Waals surface area contributed by atoms with Crippen LogP contribution in [-0.4, -0.2) is 24.1 Å². The molecule has 0 aliphatic carbocycles. The molecule has 0 unspecified atom stereocenters. The largest absolute Gasteiger partial charge is 0.493 e. The standard InChI is InChI=1S/C14H19NO3/c1-3-10(4-2)8-17-11-5-6-12-13(15-16)9-18-14(12)7-11/h5-7,10,16H,3-4,8-9H2,1-2H3/b15-13+. The first kappa shape index (κ1) is 12.7. The molecule has 4 heteroatoms. The molecule has 1 N–H and O–H groups in total. The molecule has 2 rings (SSSR count). The van der Waals surface area contributed by atoms with Crippen LogP contribution in [0.5, 0.6) is 11.5 Å². The Morgan fingerprint density at radius 1 is 1.39 bits per heavy atom. The summed E-state index contributed by atoms with van der Waals surface area (Å²) in [6.07, 6.45) is 2.25. The van der Waals surface area contributed by atoms with Crippen LogP contribution in [0.1, 0.15) is 32.3 Å². The van der Waals surface area contributed by atoms with Crippen molar-refractivity contribution < 1.29 is 14.7 Å². The average molecular weight is 249 g/mol. The van der Waals surface area contributed by atoms with Crippen LogP contribution in [0.25, 0.3) is 0 Å². The van der Waals surface area contributed by atoms with Gasteiger partial charge in [0.05, 0.1) is 6.61 Å². The summed E-state index contributed by atoms with van der Waals surface area (Å²) in [4.78, 5) is 0. The van der Waals surface area contributed by atoms with E-state index in [4.69, 9.17) is 14.7 Å². The summed E-state index contributed by atoms with van der Waals surface area (Å²) in [5.41, 5.74) is 1.41. The van der Waals surface area contributed by atoms with Crippen molar-refractivity contribution in [3.05, 3.63) is 23.8 Å². The number of hydrogen-bond acceptors (Lipinski definition) is 4. The molecule has 98 valence electrons. The summed E-state index contributed by atoms with van der Waals surface area (Å²) in [6, 6.07) is 5.62. The summed E-state index contributed by atoms with van der Waals surface area (Å²) in [6.45, 7) is 5.40. The number of benzene rings is 1. The number of ether oxygens (including phenoxy) is 2. The SMILES string of the molecule is CCC(CC)COc1ccc2c(c1)OC/C2=N\O. The second-order valence-electron chi connectivity index (χ2n) is 4.49. The van der Waals surface area contributed by atoms with E-state index in [-0.39, 0.29) is 0 Å². The van der Waals surface area contributed by atoms with Gasteiger partial charge in [-0.05, 0) is 18.1 Å². The molecule has 1 aliphatic heterocycles. The topological polar surface area (TPSA) is 51.0 Å². The van der Waals surface area contributed by atoms with Crippen molar-refractivity contribution in [2.45, 2.75) is 26.7 Å². The van der Waals surface area contributed by atoms with Gasteiger partial charge in [-0.1, -0.05) is 31.8 Å². The van der Waals surface area contributed by atoms with E-state index < -0.39 is 0 Å². The van der Waals surface area contributed by atoms with E-state index in [0.29, 0.717) is 18.2 Å². The molecule has 1 aliphatic rings. The van der Waals surface area contributed by atoms with Crippen LogP contribution in [-0.2, 0) is 0 Å². The summed E-state index contributed by atoms with van der Waals surface area (Å²) in [5.74, 6) is 2.12. The van der Waals surface area contributed by atoms with Crippen LogP contribution in [0, 0.1) is 5.92 Å². The molecular formula is C14H19NO3. The Labute approximate surface area is 107 Å². The van der Waals surface area contributed by atoms with Crippen molar-refractivity contribution in [2.24, 2.45) is 11.1 Å². The minimum Gasteiger partial charge on any atom is -0.493 e. The van der Waals surface area contributed by atoms with Crippen LogP contribution in [0.15, 0.2) is 23.4 Å². The molecule has 0 spiro atoms. The van der Waals surface area contributed by atoms with Crippen LogP contribution < -0.4 is 9.47 Å². The van der Waals surface area contributed by atoms with Crippen molar-refractivity contribution in [1.29, 1.82) is 0 Å². The lowest BCUT2D eigenvalue weighted by Gasteiger charge is -2.14. The van der Waals surface area contributed by atoms with Gasteiger partial charge in [0.2, 0.25) is 0 Å². The normalized spacial score (nSPS) is 15.8. The van der Waals surface area contributed by atoms with E-state index in [9.17, 15) is 0 Å². The predicted octanol–water partition coefficient (Wildman–Crippen LogP) is 3.07.